The number of halogens is 3. The molecule has 0 spiro atoms. The number of ether oxygens (including phenoxy) is 1. The van der Waals surface area contributed by atoms with Crippen LogP contribution in [0.5, 0.6) is 5.75 Å². The number of para-hydroxylation sites is 1. The summed E-state index contributed by atoms with van der Waals surface area (Å²) < 4.78 is 21.3. The minimum absolute atomic E-state index is 0.0237. The van der Waals surface area contributed by atoms with Crippen LogP contribution >= 0.6 is 39.7 Å². The van der Waals surface area contributed by atoms with Crippen molar-refractivity contribution >= 4 is 56.3 Å². The van der Waals surface area contributed by atoms with Gasteiger partial charge in [0.1, 0.15) is 0 Å². The van der Waals surface area contributed by atoms with E-state index in [0.29, 0.717) is 21.2 Å². The lowest BCUT2D eigenvalue weighted by molar-refractivity contribution is -0.118. The number of thiocarbonyl (C=S) groups is 1. The van der Waals surface area contributed by atoms with E-state index >= 15 is 0 Å². The van der Waals surface area contributed by atoms with Gasteiger partial charge in [-0.25, -0.2) is 4.39 Å². The molecule has 0 radical (unpaired) electrons. The first-order valence-electron chi connectivity index (χ1n) is 8.02. The molecule has 1 aromatic carbocycles. The number of nitrogens with zero attached hydrogens (tertiary/aromatic N) is 3. The van der Waals surface area contributed by atoms with Gasteiger partial charge < -0.3 is 15.0 Å². The van der Waals surface area contributed by atoms with E-state index in [4.69, 9.17) is 28.6 Å². The summed E-state index contributed by atoms with van der Waals surface area (Å²) in [6, 6.07) is 4.34. The monoisotopic (exact) mass is 474 g/mol. The van der Waals surface area contributed by atoms with Crippen molar-refractivity contribution in [2.75, 3.05) is 26.0 Å². The molecular weight excluding hydrogens is 459 g/mol. The third-order valence-electron chi connectivity index (χ3n) is 4.57. The number of carbonyl (C=O) groups is 1. The van der Waals surface area contributed by atoms with Crippen LogP contribution in [0.1, 0.15) is 11.6 Å². The molecule has 27 heavy (non-hydrogen) atoms. The number of amides is 1. The van der Waals surface area contributed by atoms with Gasteiger partial charge in [-0.3, -0.25) is 9.48 Å². The second kappa shape index (κ2) is 7.73. The smallest absolute Gasteiger partial charge is 0.235 e. The van der Waals surface area contributed by atoms with E-state index in [1.807, 2.05) is 11.9 Å². The zero-order valence-corrected chi connectivity index (χ0v) is 18.0. The van der Waals surface area contributed by atoms with Crippen LogP contribution < -0.4 is 10.1 Å². The molecule has 2 heterocycles. The molecule has 6 nitrogen and oxygen atoms in total. The van der Waals surface area contributed by atoms with Gasteiger partial charge in [0.05, 0.1) is 33.9 Å². The van der Waals surface area contributed by atoms with Gasteiger partial charge in [0.25, 0.3) is 0 Å². The van der Waals surface area contributed by atoms with Gasteiger partial charge in [-0.2, -0.15) is 5.10 Å². The van der Waals surface area contributed by atoms with E-state index in [1.54, 1.807) is 17.8 Å². The fourth-order valence-corrected chi connectivity index (χ4v) is 4.53. The zero-order chi connectivity index (χ0) is 19.9. The Hall–Kier alpha value is -1.71. The first kappa shape index (κ1) is 20.0. The van der Waals surface area contributed by atoms with Crippen LogP contribution in [0, 0.1) is 11.7 Å². The number of nitrogens with one attached hydrogen (secondary N) is 1. The summed E-state index contributed by atoms with van der Waals surface area (Å²) in [5.74, 6) is -1.83. The van der Waals surface area contributed by atoms with Crippen LogP contribution in [-0.2, 0) is 11.8 Å². The summed E-state index contributed by atoms with van der Waals surface area (Å²) in [6.07, 6.45) is 0. The van der Waals surface area contributed by atoms with Crippen LogP contribution in [0.3, 0.4) is 0 Å². The number of likely N-dealkylation sites (N-methyl/N-ethyl adjacent to an activating group) is 1. The number of hydrogen-bond donors (Lipinski definition) is 1. The summed E-state index contributed by atoms with van der Waals surface area (Å²) >= 11 is 15.1. The van der Waals surface area contributed by atoms with E-state index in [-0.39, 0.29) is 23.3 Å². The predicted octanol–water partition coefficient (Wildman–Crippen LogP) is 3.60. The van der Waals surface area contributed by atoms with E-state index in [2.05, 4.69) is 26.3 Å². The summed E-state index contributed by atoms with van der Waals surface area (Å²) in [7, 11) is 4.94. The fourth-order valence-electron chi connectivity index (χ4n) is 3.34. The van der Waals surface area contributed by atoms with Crippen molar-refractivity contribution in [2.24, 2.45) is 13.0 Å². The standard InChI is InChI=1S/C17H17BrClFN4O2S/c1-23-7-8(13-12(18)15(19)22-24(13)2)11(17(23)27)16(25)21-10-6-4-5-9(20)14(10)26-3/h4-6,8,11H,7H2,1-3H3,(H,21,25)/t8-,11-/m0/s1. The summed E-state index contributed by atoms with van der Waals surface area (Å²) in [4.78, 5) is 15.4. The summed E-state index contributed by atoms with van der Waals surface area (Å²) in [6.45, 7) is 0.533. The Morgan fingerprint density at radius 3 is 2.78 bits per heavy atom. The Morgan fingerprint density at radius 1 is 1.48 bits per heavy atom. The molecule has 1 aromatic heterocycles. The molecular formula is C17H17BrClFN4O2S. The third kappa shape index (κ3) is 3.55. The van der Waals surface area contributed by atoms with E-state index in [9.17, 15) is 9.18 Å². The maximum Gasteiger partial charge on any atom is 0.235 e. The minimum atomic E-state index is -0.638. The number of methoxy groups -OCH3 is 1. The van der Waals surface area contributed by atoms with Crippen LogP contribution in [0.4, 0.5) is 10.1 Å². The Labute approximate surface area is 174 Å². The molecule has 1 N–H and O–H groups in total. The van der Waals surface area contributed by atoms with Gasteiger partial charge in [0.2, 0.25) is 5.91 Å². The maximum atomic E-state index is 13.9. The van der Waals surface area contributed by atoms with Gasteiger partial charge in [0, 0.05) is 26.6 Å². The molecule has 1 amide bonds. The molecule has 0 unspecified atom stereocenters. The average Bonchev–Trinajstić information content (AvgIpc) is 3.03. The van der Waals surface area contributed by atoms with Crippen molar-refractivity contribution in [3.05, 3.63) is 39.3 Å². The molecule has 1 aliphatic rings. The third-order valence-corrected chi connectivity index (χ3v) is 6.41. The molecule has 2 aromatic rings. The highest BCUT2D eigenvalue weighted by Crippen LogP contribution is 2.40. The predicted molar refractivity (Wildman–Crippen MR) is 109 cm³/mol. The van der Waals surface area contributed by atoms with Crippen LogP contribution in [0.25, 0.3) is 0 Å². The van der Waals surface area contributed by atoms with Crippen molar-refractivity contribution in [2.45, 2.75) is 5.92 Å². The van der Waals surface area contributed by atoms with Gasteiger partial charge in [-0.05, 0) is 28.1 Å². The van der Waals surface area contributed by atoms with Gasteiger partial charge in [0.15, 0.2) is 16.7 Å². The molecule has 0 aliphatic carbocycles. The molecule has 3 rings (SSSR count). The first-order valence-corrected chi connectivity index (χ1v) is 9.60. The van der Waals surface area contributed by atoms with Crippen LogP contribution in [-0.4, -0.2) is 46.3 Å². The highest BCUT2D eigenvalue weighted by Gasteiger charge is 2.44. The number of anilines is 1. The highest BCUT2D eigenvalue weighted by atomic mass is 79.9. The number of aromatic nitrogens is 2. The Morgan fingerprint density at radius 2 is 2.19 bits per heavy atom. The molecule has 10 heteroatoms. The number of rotatable bonds is 4. The lowest BCUT2D eigenvalue weighted by Crippen LogP contribution is -2.32. The van der Waals surface area contributed by atoms with Crippen LogP contribution in [0.2, 0.25) is 5.15 Å². The normalized spacial score (nSPS) is 19.5. The quantitative estimate of drug-likeness (QED) is 0.685. The van der Waals surface area contributed by atoms with E-state index in [1.165, 1.54) is 19.2 Å². The van der Waals surface area contributed by atoms with Crippen molar-refractivity contribution in [3.63, 3.8) is 0 Å². The molecule has 0 bridgehead atoms. The zero-order valence-electron chi connectivity index (χ0n) is 14.8. The fraction of sp³-hybridized carbons (Fsp3) is 0.353. The molecule has 1 fully saturated rings. The molecule has 0 saturated carbocycles. The van der Waals surface area contributed by atoms with Gasteiger partial charge >= 0.3 is 0 Å². The SMILES string of the molecule is COc1c(F)cccc1NC(=O)[C@H]1C(=S)N(C)C[C@@H]1c1c(Br)c(Cl)nn1C. The highest BCUT2D eigenvalue weighted by molar-refractivity contribution is 9.10. The lowest BCUT2D eigenvalue weighted by atomic mass is 9.91. The van der Waals surface area contributed by atoms with Crippen molar-refractivity contribution in [3.8, 4) is 5.75 Å². The van der Waals surface area contributed by atoms with Crippen molar-refractivity contribution in [1.82, 2.24) is 14.7 Å². The molecule has 1 aliphatic heterocycles. The lowest BCUT2D eigenvalue weighted by Gasteiger charge is -2.19. The average molecular weight is 476 g/mol. The maximum absolute atomic E-state index is 13.9. The second-order valence-corrected chi connectivity index (χ2v) is 7.80. The Bertz CT molecular complexity index is 923. The van der Waals surface area contributed by atoms with Crippen molar-refractivity contribution in [1.29, 1.82) is 0 Å². The number of likely N-dealkylation sites (tertiary alicyclic amines) is 1. The molecule has 144 valence electrons. The molecule has 2 atom stereocenters. The number of hydrogen-bond acceptors (Lipinski definition) is 4. The van der Waals surface area contributed by atoms with E-state index in [0.717, 1.165) is 5.69 Å². The Kier molecular flexibility index (Phi) is 5.73. The van der Waals surface area contributed by atoms with Crippen LogP contribution in [0.15, 0.2) is 22.7 Å². The summed E-state index contributed by atoms with van der Waals surface area (Å²) in [5, 5.41) is 7.26. The van der Waals surface area contributed by atoms with Gasteiger partial charge in [-0.15, -0.1) is 0 Å². The number of aryl methyl sites for hydroxylation is 1. The summed E-state index contributed by atoms with van der Waals surface area (Å²) in [5.41, 5.74) is 1.03. The second-order valence-electron chi connectivity index (χ2n) is 6.23. The van der Waals surface area contributed by atoms with Gasteiger partial charge in [-0.1, -0.05) is 29.9 Å². The first-order chi connectivity index (χ1) is 12.8. The topological polar surface area (TPSA) is 59.4 Å². The van der Waals surface area contributed by atoms with E-state index < -0.39 is 11.7 Å². The van der Waals surface area contributed by atoms with Crippen molar-refractivity contribution < 1.29 is 13.9 Å². The number of carbonyl (C=O) groups excluding carboxylic acids is 1. The minimum Gasteiger partial charge on any atom is -0.492 e. The number of benzene rings is 1. The largest absolute Gasteiger partial charge is 0.492 e. The Balaban J connectivity index is 1.96. The molecule has 1 saturated heterocycles.